The summed E-state index contributed by atoms with van der Waals surface area (Å²) in [5, 5.41) is 12.5. The zero-order chi connectivity index (χ0) is 20.5. The summed E-state index contributed by atoms with van der Waals surface area (Å²) < 4.78 is 7.54. The van der Waals surface area contributed by atoms with Crippen LogP contribution in [0.5, 0.6) is 5.75 Å². The van der Waals surface area contributed by atoms with E-state index in [0.717, 1.165) is 22.2 Å². The van der Waals surface area contributed by atoms with Crippen molar-refractivity contribution in [3.8, 4) is 5.75 Å². The molecule has 29 heavy (non-hydrogen) atoms. The number of benzene rings is 2. The number of thioether (sulfide) groups is 1. The molecule has 1 N–H and O–H groups in total. The Kier molecular flexibility index (Phi) is 7.72. The SMILES string of the molecule is Cn1c(CNC(=O)C=Cc2ccccc2Cl)nnc1SCCOc1ccccc1. The molecule has 0 fully saturated rings. The number of amides is 1. The third-order valence-corrected chi connectivity index (χ3v) is 5.32. The number of hydrogen-bond acceptors (Lipinski definition) is 5. The maximum atomic E-state index is 12.0. The number of aromatic nitrogens is 3. The molecule has 6 nitrogen and oxygen atoms in total. The van der Waals surface area contributed by atoms with Crippen molar-refractivity contribution in [3.63, 3.8) is 0 Å². The Balaban J connectivity index is 1.44. The monoisotopic (exact) mass is 428 g/mol. The molecule has 150 valence electrons. The highest BCUT2D eigenvalue weighted by molar-refractivity contribution is 7.99. The summed E-state index contributed by atoms with van der Waals surface area (Å²) in [5.74, 6) is 2.04. The Morgan fingerprint density at radius 2 is 1.93 bits per heavy atom. The van der Waals surface area contributed by atoms with Crippen LogP contribution < -0.4 is 10.1 Å². The maximum absolute atomic E-state index is 12.0. The third kappa shape index (κ3) is 6.37. The zero-order valence-electron chi connectivity index (χ0n) is 15.9. The molecule has 0 bridgehead atoms. The van der Waals surface area contributed by atoms with E-state index < -0.39 is 0 Å². The van der Waals surface area contributed by atoms with E-state index in [1.54, 1.807) is 23.9 Å². The van der Waals surface area contributed by atoms with Crippen molar-refractivity contribution >= 4 is 35.3 Å². The minimum Gasteiger partial charge on any atom is -0.493 e. The molecule has 1 amide bonds. The normalized spacial score (nSPS) is 11.0. The average molecular weight is 429 g/mol. The van der Waals surface area contributed by atoms with Gasteiger partial charge in [-0.1, -0.05) is 59.8 Å². The lowest BCUT2D eigenvalue weighted by Crippen LogP contribution is -2.22. The van der Waals surface area contributed by atoms with Gasteiger partial charge in [-0.2, -0.15) is 0 Å². The molecule has 0 unspecified atom stereocenters. The molecule has 3 rings (SSSR count). The van der Waals surface area contributed by atoms with E-state index in [2.05, 4.69) is 15.5 Å². The average Bonchev–Trinajstić information content (AvgIpc) is 3.09. The second kappa shape index (κ2) is 10.7. The van der Waals surface area contributed by atoms with Crippen LogP contribution in [-0.2, 0) is 18.4 Å². The van der Waals surface area contributed by atoms with Crippen LogP contribution in [0.2, 0.25) is 5.02 Å². The maximum Gasteiger partial charge on any atom is 0.244 e. The highest BCUT2D eigenvalue weighted by Crippen LogP contribution is 2.17. The molecule has 0 spiro atoms. The summed E-state index contributed by atoms with van der Waals surface area (Å²) in [7, 11) is 1.88. The summed E-state index contributed by atoms with van der Waals surface area (Å²) in [6.45, 7) is 0.858. The Labute approximate surface area is 178 Å². The first-order valence-corrected chi connectivity index (χ1v) is 10.4. The van der Waals surface area contributed by atoms with Crippen LogP contribution in [0.3, 0.4) is 0 Å². The van der Waals surface area contributed by atoms with Gasteiger partial charge in [-0.05, 0) is 29.8 Å². The lowest BCUT2D eigenvalue weighted by atomic mass is 10.2. The van der Waals surface area contributed by atoms with E-state index >= 15 is 0 Å². The van der Waals surface area contributed by atoms with Gasteiger partial charge >= 0.3 is 0 Å². The molecule has 8 heteroatoms. The lowest BCUT2D eigenvalue weighted by Gasteiger charge is -2.06. The van der Waals surface area contributed by atoms with Gasteiger partial charge < -0.3 is 14.6 Å². The Bertz CT molecular complexity index is 976. The summed E-state index contributed by atoms with van der Waals surface area (Å²) in [6, 6.07) is 17.0. The van der Waals surface area contributed by atoms with Crippen molar-refractivity contribution in [3.05, 3.63) is 77.1 Å². The van der Waals surface area contributed by atoms with Gasteiger partial charge in [-0.15, -0.1) is 10.2 Å². The first-order chi connectivity index (χ1) is 14.1. The summed E-state index contributed by atoms with van der Waals surface area (Å²) in [4.78, 5) is 12.0. The van der Waals surface area contributed by atoms with E-state index in [1.165, 1.54) is 6.08 Å². The molecule has 2 aromatic carbocycles. The molecule has 0 aliphatic heterocycles. The predicted molar refractivity (Wildman–Crippen MR) is 116 cm³/mol. The molecular formula is C21H21ClN4O2S. The van der Waals surface area contributed by atoms with Crippen molar-refractivity contribution in [1.82, 2.24) is 20.1 Å². The van der Waals surface area contributed by atoms with Crippen LogP contribution in [-0.4, -0.2) is 33.0 Å². The minimum absolute atomic E-state index is 0.224. The van der Waals surface area contributed by atoms with Crippen LogP contribution in [0.4, 0.5) is 0 Å². The molecule has 0 saturated heterocycles. The van der Waals surface area contributed by atoms with Gasteiger partial charge in [0, 0.05) is 23.9 Å². The van der Waals surface area contributed by atoms with Gasteiger partial charge in [0.2, 0.25) is 5.91 Å². The number of ether oxygens (including phenoxy) is 1. The van der Waals surface area contributed by atoms with Crippen LogP contribution in [0.25, 0.3) is 6.08 Å². The van der Waals surface area contributed by atoms with Crippen molar-refractivity contribution in [2.75, 3.05) is 12.4 Å². The molecule has 3 aromatic rings. The fourth-order valence-corrected chi connectivity index (χ4v) is 3.38. The minimum atomic E-state index is -0.224. The van der Waals surface area contributed by atoms with Crippen molar-refractivity contribution in [2.45, 2.75) is 11.7 Å². The van der Waals surface area contributed by atoms with Crippen molar-refractivity contribution in [1.29, 1.82) is 0 Å². The summed E-state index contributed by atoms with van der Waals surface area (Å²) in [5.41, 5.74) is 0.791. The number of hydrogen-bond donors (Lipinski definition) is 1. The van der Waals surface area contributed by atoms with Gasteiger partial charge in [0.1, 0.15) is 5.75 Å². The standard InChI is InChI=1S/C21H21ClN4O2S/c1-26-19(15-23-20(27)12-11-16-7-5-6-10-18(16)22)24-25-21(26)29-14-13-28-17-8-3-2-4-9-17/h2-12H,13-15H2,1H3,(H,23,27). The molecule has 0 aliphatic carbocycles. The Morgan fingerprint density at radius 3 is 2.72 bits per heavy atom. The molecular weight excluding hydrogens is 408 g/mol. The lowest BCUT2D eigenvalue weighted by molar-refractivity contribution is -0.116. The smallest absolute Gasteiger partial charge is 0.244 e. The first-order valence-electron chi connectivity index (χ1n) is 9.03. The highest BCUT2D eigenvalue weighted by atomic mass is 35.5. The summed E-state index contributed by atoms with van der Waals surface area (Å²) >= 11 is 7.63. The van der Waals surface area contributed by atoms with Gasteiger partial charge in [0.25, 0.3) is 0 Å². The molecule has 0 atom stereocenters. The van der Waals surface area contributed by atoms with Gasteiger partial charge in [-0.25, -0.2) is 0 Å². The largest absolute Gasteiger partial charge is 0.493 e. The molecule has 1 heterocycles. The first kappa shape index (κ1) is 21.0. The Hall–Kier alpha value is -2.77. The number of nitrogens with one attached hydrogen (secondary N) is 1. The fraction of sp³-hybridized carbons (Fsp3) is 0.190. The second-order valence-corrected chi connectivity index (χ2v) is 7.51. The summed E-state index contributed by atoms with van der Waals surface area (Å²) in [6.07, 6.45) is 3.14. The fourth-order valence-electron chi connectivity index (χ4n) is 2.43. The topological polar surface area (TPSA) is 69.0 Å². The van der Waals surface area contributed by atoms with Crippen LogP contribution in [0, 0.1) is 0 Å². The highest BCUT2D eigenvalue weighted by Gasteiger charge is 2.10. The quantitative estimate of drug-likeness (QED) is 0.317. The molecule has 0 aliphatic rings. The van der Waals surface area contributed by atoms with Crippen molar-refractivity contribution in [2.24, 2.45) is 7.05 Å². The molecule has 0 radical (unpaired) electrons. The third-order valence-electron chi connectivity index (χ3n) is 3.99. The zero-order valence-corrected chi connectivity index (χ0v) is 17.5. The molecule has 0 saturated carbocycles. The number of rotatable bonds is 9. The number of halogens is 1. The number of para-hydroxylation sites is 1. The Morgan fingerprint density at radius 1 is 1.17 bits per heavy atom. The second-order valence-electron chi connectivity index (χ2n) is 6.04. The van der Waals surface area contributed by atoms with E-state index in [-0.39, 0.29) is 12.5 Å². The van der Waals surface area contributed by atoms with Gasteiger partial charge in [-0.3, -0.25) is 4.79 Å². The van der Waals surface area contributed by atoms with E-state index in [0.29, 0.717) is 17.5 Å². The number of carbonyl (C=O) groups is 1. The molecule has 1 aromatic heterocycles. The van der Waals surface area contributed by atoms with Crippen LogP contribution in [0.1, 0.15) is 11.4 Å². The van der Waals surface area contributed by atoms with Crippen molar-refractivity contribution < 1.29 is 9.53 Å². The van der Waals surface area contributed by atoms with E-state index in [9.17, 15) is 4.79 Å². The number of nitrogens with zero attached hydrogens (tertiary/aromatic N) is 3. The van der Waals surface area contributed by atoms with E-state index in [4.69, 9.17) is 16.3 Å². The number of carbonyl (C=O) groups excluding carboxylic acids is 1. The van der Waals surface area contributed by atoms with Gasteiger partial charge in [0.05, 0.1) is 13.2 Å². The van der Waals surface area contributed by atoms with Crippen LogP contribution in [0.15, 0.2) is 65.8 Å². The van der Waals surface area contributed by atoms with Crippen LogP contribution >= 0.6 is 23.4 Å². The predicted octanol–water partition coefficient (Wildman–Crippen LogP) is 3.97. The van der Waals surface area contributed by atoms with E-state index in [1.807, 2.05) is 60.1 Å². The van der Waals surface area contributed by atoms with Gasteiger partial charge in [0.15, 0.2) is 11.0 Å².